The Morgan fingerprint density at radius 2 is 1.29 bits per heavy atom. The standard InChI is InChI=1S/C30H33ClN2O5/c1-2-36-30(35)20-33-15-13-32(14-16-33)19-27(34)25-17-26(31)29(38-22-24-11-7-4-8-12-24)18-28(25)37-21-23-9-5-3-6-10-23/h3-12,17-18H,2,13-16,19-22H2,1H3. The minimum atomic E-state index is -0.221. The molecule has 0 aliphatic carbocycles. The van der Waals surface area contributed by atoms with E-state index in [9.17, 15) is 9.59 Å². The van der Waals surface area contributed by atoms with Crippen LogP contribution in [0.4, 0.5) is 0 Å². The van der Waals surface area contributed by atoms with Crippen LogP contribution in [0.25, 0.3) is 0 Å². The van der Waals surface area contributed by atoms with Crippen molar-refractivity contribution in [2.45, 2.75) is 20.1 Å². The lowest BCUT2D eigenvalue weighted by atomic mass is 10.1. The number of ketones is 1. The van der Waals surface area contributed by atoms with Gasteiger partial charge in [0.15, 0.2) is 5.78 Å². The first kappa shape index (κ1) is 27.6. The van der Waals surface area contributed by atoms with Gasteiger partial charge in [-0.2, -0.15) is 0 Å². The molecule has 38 heavy (non-hydrogen) atoms. The third-order valence-corrected chi connectivity index (χ3v) is 6.59. The number of Topliss-reactive ketones (excluding diaryl/α,β-unsaturated/α-hetero) is 1. The van der Waals surface area contributed by atoms with Crippen LogP contribution in [0.15, 0.2) is 72.8 Å². The molecule has 7 nitrogen and oxygen atoms in total. The van der Waals surface area contributed by atoms with Gasteiger partial charge in [0.2, 0.25) is 0 Å². The topological polar surface area (TPSA) is 68.3 Å². The molecule has 1 aliphatic rings. The second kappa shape index (κ2) is 14.0. The number of ether oxygens (including phenoxy) is 3. The number of halogens is 1. The second-order valence-electron chi connectivity index (χ2n) is 9.11. The summed E-state index contributed by atoms with van der Waals surface area (Å²) in [6, 6.07) is 22.9. The van der Waals surface area contributed by atoms with E-state index in [4.69, 9.17) is 25.8 Å². The average molecular weight is 537 g/mol. The molecule has 0 radical (unpaired) electrons. The number of benzene rings is 3. The number of esters is 1. The fourth-order valence-electron chi connectivity index (χ4n) is 4.24. The number of hydrogen-bond acceptors (Lipinski definition) is 7. The summed E-state index contributed by atoms with van der Waals surface area (Å²) in [5, 5.41) is 0.357. The van der Waals surface area contributed by atoms with Crippen LogP contribution in [0, 0.1) is 0 Å². The van der Waals surface area contributed by atoms with Gasteiger partial charge in [0, 0.05) is 32.2 Å². The fraction of sp³-hybridized carbons (Fsp3) is 0.333. The largest absolute Gasteiger partial charge is 0.488 e. The maximum Gasteiger partial charge on any atom is 0.320 e. The van der Waals surface area contributed by atoms with Crippen LogP contribution >= 0.6 is 11.6 Å². The van der Waals surface area contributed by atoms with Gasteiger partial charge in [-0.25, -0.2) is 0 Å². The van der Waals surface area contributed by atoms with Gasteiger partial charge >= 0.3 is 5.97 Å². The van der Waals surface area contributed by atoms with Crippen molar-refractivity contribution in [3.8, 4) is 11.5 Å². The Labute approximate surface area is 228 Å². The smallest absolute Gasteiger partial charge is 0.320 e. The quantitative estimate of drug-likeness (QED) is 0.242. The summed E-state index contributed by atoms with van der Waals surface area (Å²) in [7, 11) is 0. The van der Waals surface area contributed by atoms with E-state index in [0.717, 1.165) is 11.1 Å². The first-order valence-electron chi connectivity index (χ1n) is 12.8. The maximum atomic E-state index is 13.4. The first-order chi connectivity index (χ1) is 18.5. The van der Waals surface area contributed by atoms with Crippen molar-refractivity contribution in [2.24, 2.45) is 0 Å². The Morgan fingerprint density at radius 1 is 0.763 bits per heavy atom. The Morgan fingerprint density at radius 3 is 1.84 bits per heavy atom. The zero-order chi connectivity index (χ0) is 26.7. The summed E-state index contributed by atoms with van der Waals surface area (Å²) in [5.41, 5.74) is 2.43. The number of piperazine rings is 1. The molecule has 8 heteroatoms. The van der Waals surface area contributed by atoms with Crippen LogP contribution < -0.4 is 9.47 Å². The Hall–Kier alpha value is -3.39. The van der Waals surface area contributed by atoms with Crippen LogP contribution in [0.2, 0.25) is 5.02 Å². The van der Waals surface area contributed by atoms with Gasteiger partial charge in [0.05, 0.1) is 30.3 Å². The molecule has 1 fully saturated rings. The lowest BCUT2D eigenvalue weighted by molar-refractivity contribution is -0.144. The highest BCUT2D eigenvalue weighted by Gasteiger charge is 2.24. The molecule has 1 heterocycles. The van der Waals surface area contributed by atoms with Crippen molar-refractivity contribution in [1.29, 1.82) is 0 Å². The summed E-state index contributed by atoms with van der Waals surface area (Å²) in [4.78, 5) is 29.3. The number of carbonyl (C=O) groups is 2. The molecule has 0 amide bonds. The average Bonchev–Trinajstić information content (AvgIpc) is 2.94. The highest BCUT2D eigenvalue weighted by molar-refractivity contribution is 6.32. The van der Waals surface area contributed by atoms with E-state index < -0.39 is 0 Å². The molecule has 3 aromatic rings. The van der Waals surface area contributed by atoms with E-state index in [0.29, 0.717) is 68.1 Å². The molecule has 4 rings (SSSR count). The summed E-state index contributed by atoms with van der Waals surface area (Å²) < 4.78 is 17.2. The van der Waals surface area contributed by atoms with Gasteiger partial charge in [0.25, 0.3) is 0 Å². The van der Waals surface area contributed by atoms with E-state index >= 15 is 0 Å². The van der Waals surface area contributed by atoms with Crippen molar-refractivity contribution >= 4 is 23.4 Å². The van der Waals surface area contributed by atoms with Gasteiger partial charge in [-0.3, -0.25) is 19.4 Å². The van der Waals surface area contributed by atoms with E-state index in [1.165, 1.54) is 0 Å². The maximum absolute atomic E-state index is 13.4. The monoisotopic (exact) mass is 536 g/mol. The minimum absolute atomic E-state index is 0.0802. The summed E-state index contributed by atoms with van der Waals surface area (Å²) in [6.07, 6.45) is 0. The summed E-state index contributed by atoms with van der Waals surface area (Å²) in [6.45, 7) is 6.08. The normalized spacial score (nSPS) is 14.2. The molecular formula is C30H33ClN2O5. The van der Waals surface area contributed by atoms with Crippen LogP contribution in [0.1, 0.15) is 28.4 Å². The van der Waals surface area contributed by atoms with Gasteiger partial charge in [0.1, 0.15) is 24.7 Å². The van der Waals surface area contributed by atoms with Gasteiger partial charge in [-0.1, -0.05) is 72.3 Å². The first-order valence-corrected chi connectivity index (χ1v) is 13.2. The molecule has 0 atom stereocenters. The number of rotatable bonds is 12. The van der Waals surface area contributed by atoms with E-state index in [-0.39, 0.29) is 24.8 Å². The molecule has 1 saturated heterocycles. The van der Waals surface area contributed by atoms with E-state index in [1.54, 1.807) is 19.1 Å². The van der Waals surface area contributed by atoms with Crippen LogP contribution in [-0.4, -0.2) is 67.4 Å². The summed E-state index contributed by atoms with van der Waals surface area (Å²) >= 11 is 6.57. The third kappa shape index (κ3) is 8.05. The number of carbonyl (C=O) groups excluding carboxylic acids is 2. The molecule has 0 unspecified atom stereocenters. The molecular weight excluding hydrogens is 504 g/mol. The van der Waals surface area contributed by atoms with Gasteiger partial charge in [-0.15, -0.1) is 0 Å². The van der Waals surface area contributed by atoms with Crippen LogP contribution in [0.5, 0.6) is 11.5 Å². The van der Waals surface area contributed by atoms with Crippen molar-refractivity contribution < 1.29 is 23.8 Å². The molecule has 0 bridgehead atoms. The number of hydrogen-bond donors (Lipinski definition) is 0. The molecule has 0 spiro atoms. The highest BCUT2D eigenvalue weighted by atomic mass is 35.5. The van der Waals surface area contributed by atoms with Crippen molar-refractivity contribution in [3.63, 3.8) is 0 Å². The van der Waals surface area contributed by atoms with Crippen molar-refractivity contribution in [3.05, 3.63) is 94.5 Å². The minimum Gasteiger partial charge on any atom is -0.488 e. The lowest BCUT2D eigenvalue weighted by Gasteiger charge is -2.33. The van der Waals surface area contributed by atoms with Crippen LogP contribution in [-0.2, 0) is 22.7 Å². The fourth-order valence-corrected chi connectivity index (χ4v) is 4.45. The molecule has 3 aromatic carbocycles. The molecule has 1 aliphatic heterocycles. The van der Waals surface area contributed by atoms with Gasteiger partial charge in [-0.05, 0) is 24.1 Å². The molecule has 0 aromatic heterocycles. The lowest BCUT2D eigenvalue weighted by Crippen LogP contribution is -2.49. The third-order valence-electron chi connectivity index (χ3n) is 6.30. The van der Waals surface area contributed by atoms with Crippen molar-refractivity contribution in [1.82, 2.24) is 9.80 Å². The molecule has 0 N–H and O–H groups in total. The SMILES string of the molecule is CCOC(=O)CN1CCN(CC(=O)c2cc(Cl)c(OCc3ccccc3)cc2OCc2ccccc2)CC1. The van der Waals surface area contributed by atoms with E-state index in [1.807, 2.05) is 65.6 Å². The molecule has 0 saturated carbocycles. The number of nitrogens with zero attached hydrogens (tertiary/aromatic N) is 2. The zero-order valence-corrected chi connectivity index (χ0v) is 22.4. The zero-order valence-electron chi connectivity index (χ0n) is 21.6. The Balaban J connectivity index is 1.44. The van der Waals surface area contributed by atoms with Crippen molar-refractivity contribution in [2.75, 3.05) is 45.9 Å². The highest BCUT2D eigenvalue weighted by Crippen LogP contribution is 2.34. The summed E-state index contributed by atoms with van der Waals surface area (Å²) in [5.74, 6) is 0.597. The predicted molar refractivity (Wildman–Crippen MR) is 147 cm³/mol. The van der Waals surface area contributed by atoms with Gasteiger partial charge < -0.3 is 14.2 Å². The Kier molecular flexibility index (Phi) is 10.1. The molecule has 200 valence electrons. The Bertz CT molecular complexity index is 1200. The predicted octanol–water partition coefficient (Wildman–Crippen LogP) is 4.86. The van der Waals surface area contributed by atoms with E-state index in [2.05, 4.69) is 4.90 Å². The second-order valence-corrected chi connectivity index (χ2v) is 9.52. The van der Waals surface area contributed by atoms with Crippen LogP contribution in [0.3, 0.4) is 0 Å².